The first-order chi connectivity index (χ1) is 4.68. The third-order valence-corrected chi connectivity index (χ3v) is 1.19. The molecule has 0 rings (SSSR count). The van der Waals surface area contributed by atoms with Gasteiger partial charge in [0.15, 0.2) is 0 Å². The Hall–Kier alpha value is -0.440. The average Bonchev–Trinajstić information content (AvgIpc) is 1.88. The van der Waals surface area contributed by atoms with Crippen molar-refractivity contribution in [2.45, 2.75) is 25.8 Å². The standard InChI is InChI=1S/C7H13F2N/c1-3-4-5-10-6(2)7(8)9/h3,6-7,10H,1,4-5H2,2H3. The molecule has 3 heteroatoms. The molecule has 1 atom stereocenters. The van der Waals surface area contributed by atoms with Gasteiger partial charge in [-0.15, -0.1) is 6.58 Å². The molecule has 1 N–H and O–H groups in total. The monoisotopic (exact) mass is 149 g/mol. The first-order valence-corrected chi connectivity index (χ1v) is 3.31. The van der Waals surface area contributed by atoms with Crippen molar-refractivity contribution in [3.05, 3.63) is 12.7 Å². The van der Waals surface area contributed by atoms with Gasteiger partial charge in [0.05, 0.1) is 6.04 Å². The van der Waals surface area contributed by atoms with Crippen LogP contribution in [-0.4, -0.2) is 19.0 Å². The topological polar surface area (TPSA) is 12.0 Å². The van der Waals surface area contributed by atoms with E-state index in [2.05, 4.69) is 11.9 Å². The van der Waals surface area contributed by atoms with E-state index in [1.165, 1.54) is 6.92 Å². The predicted molar refractivity (Wildman–Crippen MR) is 38.3 cm³/mol. The highest BCUT2D eigenvalue weighted by Crippen LogP contribution is 1.98. The fourth-order valence-electron chi connectivity index (χ4n) is 0.502. The molecule has 0 radical (unpaired) electrons. The van der Waals surface area contributed by atoms with Crippen molar-refractivity contribution >= 4 is 0 Å². The van der Waals surface area contributed by atoms with Gasteiger partial charge in [0.25, 0.3) is 6.43 Å². The molecule has 60 valence electrons. The average molecular weight is 149 g/mol. The molecule has 0 fully saturated rings. The van der Waals surface area contributed by atoms with Crippen LogP contribution in [0.15, 0.2) is 12.7 Å². The van der Waals surface area contributed by atoms with E-state index in [9.17, 15) is 8.78 Å². The lowest BCUT2D eigenvalue weighted by Gasteiger charge is -2.10. The number of rotatable bonds is 5. The minimum atomic E-state index is -2.27. The van der Waals surface area contributed by atoms with Gasteiger partial charge in [0.1, 0.15) is 0 Å². The first-order valence-electron chi connectivity index (χ1n) is 3.31. The molecule has 0 amide bonds. The zero-order chi connectivity index (χ0) is 7.98. The number of nitrogens with one attached hydrogen (secondary N) is 1. The summed E-state index contributed by atoms with van der Waals surface area (Å²) < 4.78 is 23.5. The smallest absolute Gasteiger partial charge is 0.253 e. The molecule has 0 aromatic carbocycles. The first kappa shape index (κ1) is 9.56. The van der Waals surface area contributed by atoms with Crippen LogP contribution in [0.3, 0.4) is 0 Å². The lowest BCUT2D eigenvalue weighted by atomic mass is 10.3. The molecule has 0 saturated heterocycles. The van der Waals surface area contributed by atoms with Gasteiger partial charge in [-0.3, -0.25) is 0 Å². The van der Waals surface area contributed by atoms with Gasteiger partial charge in [-0.1, -0.05) is 6.08 Å². The van der Waals surface area contributed by atoms with Crippen molar-refractivity contribution in [2.75, 3.05) is 6.54 Å². The molecular formula is C7H13F2N. The zero-order valence-electron chi connectivity index (χ0n) is 6.11. The molecule has 1 unspecified atom stereocenters. The highest BCUT2D eigenvalue weighted by atomic mass is 19.3. The number of alkyl halides is 2. The Balaban J connectivity index is 3.21. The van der Waals surface area contributed by atoms with Crippen molar-refractivity contribution in [2.24, 2.45) is 0 Å². The summed E-state index contributed by atoms with van der Waals surface area (Å²) in [5.74, 6) is 0. The van der Waals surface area contributed by atoms with Crippen LogP contribution >= 0.6 is 0 Å². The largest absolute Gasteiger partial charge is 0.309 e. The molecule has 0 saturated carbocycles. The fraction of sp³-hybridized carbons (Fsp3) is 0.714. The van der Waals surface area contributed by atoms with E-state index in [1.54, 1.807) is 6.08 Å². The molecule has 1 nitrogen and oxygen atoms in total. The summed E-state index contributed by atoms with van der Waals surface area (Å²) in [4.78, 5) is 0. The minimum absolute atomic E-state index is 0.578. The van der Waals surface area contributed by atoms with Crippen LogP contribution in [-0.2, 0) is 0 Å². The Kier molecular flexibility index (Phi) is 5.12. The molecule has 0 heterocycles. The summed E-state index contributed by atoms with van der Waals surface area (Å²) in [6.45, 7) is 5.52. The van der Waals surface area contributed by atoms with Crippen LogP contribution in [0.4, 0.5) is 8.78 Å². The van der Waals surface area contributed by atoms with E-state index in [0.29, 0.717) is 6.54 Å². The van der Waals surface area contributed by atoms with Gasteiger partial charge in [0, 0.05) is 0 Å². The predicted octanol–water partition coefficient (Wildman–Crippen LogP) is 1.81. The molecule has 0 spiro atoms. The van der Waals surface area contributed by atoms with Crippen LogP contribution in [0.2, 0.25) is 0 Å². The SMILES string of the molecule is C=CCCNC(C)C(F)F. The van der Waals surface area contributed by atoms with E-state index in [1.807, 2.05) is 0 Å². The number of hydrogen-bond acceptors (Lipinski definition) is 1. The lowest BCUT2D eigenvalue weighted by Crippen LogP contribution is -2.32. The highest BCUT2D eigenvalue weighted by molar-refractivity contribution is 4.70. The van der Waals surface area contributed by atoms with Gasteiger partial charge in [-0.25, -0.2) is 8.78 Å². The van der Waals surface area contributed by atoms with Gasteiger partial charge in [0.2, 0.25) is 0 Å². The van der Waals surface area contributed by atoms with Crippen LogP contribution in [0.1, 0.15) is 13.3 Å². The third kappa shape index (κ3) is 4.44. The van der Waals surface area contributed by atoms with Crippen molar-refractivity contribution in [3.63, 3.8) is 0 Å². The molecular weight excluding hydrogens is 136 g/mol. The second-order valence-electron chi connectivity index (χ2n) is 2.15. The fourth-order valence-corrected chi connectivity index (χ4v) is 0.502. The number of hydrogen-bond donors (Lipinski definition) is 1. The number of halogens is 2. The Morgan fingerprint density at radius 3 is 2.60 bits per heavy atom. The summed E-state index contributed by atoms with van der Waals surface area (Å²) in [7, 11) is 0. The highest BCUT2D eigenvalue weighted by Gasteiger charge is 2.11. The van der Waals surface area contributed by atoms with Gasteiger partial charge in [-0.2, -0.15) is 0 Å². The molecule has 10 heavy (non-hydrogen) atoms. The molecule has 0 aliphatic rings. The molecule has 0 aliphatic heterocycles. The minimum Gasteiger partial charge on any atom is -0.309 e. The van der Waals surface area contributed by atoms with E-state index in [4.69, 9.17) is 0 Å². The summed E-state index contributed by atoms with van der Waals surface area (Å²) in [5, 5.41) is 2.66. The van der Waals surface area contributed by atoms with Gasteiger partial charge < -0.3 is 5.32 Å². The van der Waals surface area contributed by atoms with Crippen molar-refractivity contribution < 1.29 is 8.78 Å². The molecule has 0 aromatic rings. The lowest BCUT2D eigenvalue weighted by molar-refractivity contribution is 0.107. The van der Waals surface area contributed by atoms with Crippen molar-refractivity contribution in [1.29, 1.82) is 0 Å². The van der Waals surface area contributed by atoms with E-state index in [-0.39, 0.29) is 0 Å². The maximum Gasteiger partial charge on any atom is 0.253 e. The Bertz CT molecular complexity index is 93.6. The Morgan fingerprint density at radius 2 is 2.20 bits per heavy atom. The Morgan fingerprint density at radius 1 is 1.60 bits per heavy atom. The normalized spacial score (nSPS) is 13.6. The Labute approximate surface area is 60.1 Å². The van der Waals surface area contributed by atoms with E-state index < -0.39 is 12.5 Å². The van der Waals surface area contributed by atoms with Gasteiger partial charge in [-0.05, 0) is 19.9 Å². The van der Waals surface area contributed by atoms with Gasteiger partial charge >= 0.3 is 0 Å². The van der Waals surface area contributed by atoms with E-state index in [0.717, 1.165) is 6.42 Å². The maximum absolute atomic E-state index is 11.8. The van der Waals surface area contributed by atoms with E-state index >= 15 is 0 Å². The van der Waals surface area contributed by atoms with Crippen LogP contribution in [0.5, 0.6) is 0 Å². The maximum atomic E-state index is 11.8. The van der Waals surface area contributed by atoms with Crippen molar-refractivity contribution in [1.82, 2.24) is 5.32 Å². The summed E-state index contributed by atoms with van der Waals surface area (Å²) in [6.07, 6.45) is 0.159. The van der Waals surface area contributed by atoms with Crippen LogP contribution < -0.4 is 5.32 Å². The van der Waals surface area contributed by atoms with Crippen LogP contribution in [0.25, 0.3) is 0 Å². The molecule has 0 bridgehead atoms. The summed E-state index contributed by atoms with van der Waals surface area (Å²) in [6, 6.07) is -0.708. The summed E-state index contributed by atoms with van der Waals surface area (Å²) in [5.41, 5.74) is 0. The third-order valence-electron chi connectivity index (χ3n) is 1.19. The molecule has 0 aromatic heterocycles. The van der Waals surface area contributed by atoms with Crippen LogP contribution in [0, 0.1) is 0 Å². The second-order valence-corrected chi connectivity index (χ2v) is 2.15. The summed E-state index contributed by atoms with van der Waals surface area (Å²) >= 11 is 0. The van der Waals surface area contributed by atoms with Crippen molar-refractivity contribution in [3.8, 4) is 0 Å². The quantitative estimate of drug-likeness (QED) is 0.464. The zero-order valence-corrected chi connectivity index (χ0v) is 6.11. The second kappa shape index (κ2) is 5.35. The molecule has 0 aliphatic carbocycles.